The van der Waals surface area contributed by atoms with Gasteiger partial charge in [-0.05, 0) is 36.1 Å². The number of H-pyrrole nitrogens is 1. The summed E-state index contributed by atoms with van der Waals surface area (Å²) >= 11 is 0. The standard InChI is InChI=1S/C24H25F3N2O/c25-24(26,27)17-8-6-7-16(13-17)20(14-23(30)29-18-9-2-1-3-10-18)21-15-28-22-12-5-4-11-19(21)22/h4-8,11-13,15,18,20,28H,1-3,9-10,14H2,(H,29,30). The summed E-state index contributed by atoms with van der Waals surface area (Å²) in [5.41, 5.74) is 1.53. The third kappa shape index (κ3) is 4.53. The highest BCUT2D eigenvalue weighted by atomic mass is 19.4. The summed E-state index contributed by atoms with van der Waals surface area (Å²) in [6.07, 6.45) is 2.82. The summed E-state index contributed by atoms with van der Waals surface area (Å²) in [6, 6.07) is 13.1. The third-order valence-electron chi connectivity index (χ3n) is 5.97. The van der Waals surface area contributed by atoms with Crippen molar-refractivity contribution in [3.8, 4) is 0 Å². The summed E-state index contributed by atoms with van der Waals surface area (Å²) in [6.45, 7) is 0. The van der Waals surface area contributed by atoms with Crippen LogP contribution in [0.4, 0.5) is 13.2 Å². The lowest BCUT2D eigenvalue weighted by molar-refractivity contribution is -0.137. The zero-order valence-corrected chi connectivity index (χ0v) is 16.6. The van der Waals surface area contributed by atoms with Crippen molar-refractivity contribution in [1.82, 2.24) is 10.3 Å². The van der Waals surface area contributed by atoms with Crippen LogP contribution in [0.1, 0.15) is 61.1 Å². The Balaban J connectivity index is 1.67. The van der Waals surface area contributed by atoms with Crippen LogP contribution in [0.15, 0.2) is 54.7 Å². The molecule has 3 aromatic rings. The van der Waals surface area contributed by atoms with Crippen molar-refractivity contribution in [2.24, 2.45) is 0 Å². The van der Waals surface area contributed by atoms with Gasteiger partial charge in [-0.25, -0.2) is 0 Å². The number of nitrogens with one attached hydrogen (secondary N) is 2. The first-order valence-corrected chi connectivity index (χ1v) is 10.4. The fraction of sp³-hybridized carbons (Fsp3) is 0.375. The number of hydrogen-bond donors (Lipinski definition) is 2. The monoisotopic (exact) mass is 414 g/mol. The molecule has 1 fully saturated rings. The minimum atomic E-state index is -4.43. The predicted octanol–water partition coefficient (Wildman–Crippen LogP) is 6.16. The Hall–Kier alpha value is -2.76. The van der Waals surface area contributed by atoms with Crippen LogP contribution < -0.4 is 5.32 Å². The summed E-state index contributed by atoms with van der Waals surface area (Å²) in [7, 11) is 0. The number of carbonyl (C=O) groups excluding carboxylic acids is 1. The van der Waals surface area contributed by atoms with Crippen LogP contribution in [-0.4, -0.2) is 16.9 Å². The maximum absolute atomic E-state index is 13.3. The number of hydrogen-bond acceptors (Lipinski definition) is 1. The van der Waals surface area contributed by atoms with Crippen LogP contribution in [0.5, 0.6) is 0 Å². The molecule has 0 spiro atoms. The molecule has 1 saturated carbocycles. The first-order valence-electron chi connectivity index (χ1n) is 10.4. The van der Waals surface area contributed by atoms with Gasteiger partial charge in [-0.15, -0.1) is 0 Å². The van der Waals surface area contributed by atoms with Gasteiger partial charge in [0.05, 0.1) is 5.56 Å². The maximum Gasteiger partial charge on any atom is 0.416 e. The van der Waals surface area contributed by atoms with Gasteiger partial charge in [-0.3, -0.25) is 4.79 Å². The van der Waals surface area contributed by atoms with Crippen LogP contribution in [0.25, 0.3) is 10.9 Å². The fourth-order valence-corrected chi connectivity index (χ4v) is 4.44. The van der Waals surface area contributed by atoms with Gasteiger partial charge in [0.1, 0.15) is 0 Å². The highest BCUT2D eigenvalue weighted by molar-refractivity contribution is 5.86. The highest BCUT2D eigenvalue weighted by Crippen LogP contribution is 2.37. The van der Waals surface area contributed by atoms with E-state index in [0.29, 0.717) is 5.56 Å². The second kappa shape index (κ2) is 8.54. The molecule has 30 heavy (non-hydrogen) atoms. The van der Waals surface area contributed by atoms with Crippen molar-refractivity contribution >= 4 is 16.8 Å². The number of alkyl halides is 3. The molecule has 1 aliphatic carbocycles. The second-order valence-corrected chi connectivity index (χ2v) is 8.07. The Labute approximate surface area is 173 Å². The molecule has 3 nitrogen and oxygen atoms in total. The molecule has 0 aliphatic heterocycles. The normalized spacial score (nSPS) is 16.5. The van der Waals surface area contributed by atoms with Gasteiger partial charge >= 0.3 is 6.18 Å². The van der Waals surface area contributed by atoms with Crippen LogP contribution in [0, 0.1) is 0 Å². The molecule has 1 unspecified atom stereocenters. The zero-order valence-electron chi connectivity index (χ0n) is 16.6. The number of aromatic amines is 1. The Morgan fingerprint density at radius 3 is 2.60 bits per heavy atom. The summed E-state index contributed by atoms with van der Waals surface area (Å²) < 4.78 is 39.9. The van der Waals surface area contributed by atoms with Crippen LogP contribution >= 0.6 is 0 Å². The van der Waals surface area contributed by atoms with E-state index in [1.165, 1.54) is 18.6 Å². The molecule has 1 aromatic heterocycles. The highest BCUT2D eigenvalue weighted by Gasteiger charge is 2.32. The average molecular weight is 414 g/mol. The fourth-order valence-electron chi connectivity index (χ4n) is 4.44. The van der Waals surface area contributed by atoms with Crippen LogP contribution in [0.3, 0.4) is 0 Å². The van der Waals surface area contributed by atoms with Gasteiger partial charge in [0.2, 0.25) is 5.91 Å². The quantitative estimate of drug-likeness (QED) is 0.516. The molecule has 2 N–H and O–H groups in total. The second-order valence-electron chi connectivity index (χ2n) is 8.07. The topological polar surface area (TPSA) is 44.9 Å². The van der Waals surface area contributed by atoms with Crippen molar-refractivity contribution in [2.45, 2.75) is 56.7 Å². The van der Waals surface area contributed by atoms with E-state index in [1.807, 2.05) is 30.5 Å². The Morgan fingerprint density at radius 1 is 1.07 bits per heavy atom. The molecule has 2 aromatic carbocycles. The lowest BCUT2D eigenvalue weighted by Gasteiger charge is -2.24. The molecule has 0 bridgehead atoms. The number of carbonyl (C=O) groups is 1. The van der Waals surface area contributed by atoms with E-state index >= 15 is 0 Å². The summed E-state index contributed by atoms with van der Waals surface area (Å²) in [5.74, 6) is -0.582. The van der Waals surface area contributed by atoms with Crippen molar-refractivity contribution in [2.75, 3.05) is 0 Å². The van der Waals surface area contributed by atoms with E-state index < -0.39 is 17.7 Å². The van der Waals surface area contributed by atoms with Gasteiger partial charge < -0.3 is 10.3 Å². The van der Waals surface area contributed by atoms with E-state index in [-0.39, 0.29) is 18.4 Å². The first kappa shape index (κ1) is 20.5. The van der Waals surface area contributed by atoms with Crippen molar-refractivity contribution in [3.05, 3.63) is 71.4 Å². The molecule has 6 heteroatoms. The van der Waals surface area contributed by atoms with E-state index in [4.69, 9.17) is 0 Å². The van der Waals surface area contributed by atoms with Crippen LogP contribution in [-0.2, 0) is 11.0 Å². The molecule has 1 heterocycles. The van der Waals surface area contributed by atoms with Gasteiger partial charge in [-0.2, -0.15) is 13.2 Å². The number of halogens is 3. The largest absolute Gasteiger partial charge is 0.416 e. The molecule has 158 valence electrons. The summed E-state index contributed by atoms with van der Waals surface area (Å²) in [4.78, 5) is 16.0. The smallest absolute Gasteiger partial charge is 0.361 e. The lowest BCUT2D eigenvalue weighted by atomic mass is 9.86. The molecule has 4 rings (SSSR count). The number of benzene rings is 2. The number of para-hydroxylation sites is 1. The molecule has 1 amide bonds. The minimum absolute atomic E-state index is 0.111. The first-order chi connectivity index (χ1) is 14.4. The molecule has 0 radical (unpaired) electrons. The molecule has 0 saturated heterocycles. The SMILES string of the molecule is O=C(CC(c1cccc(C(F)(F)F)c1)c1c[nH]c2ccccc12)NC1CCCCC1. The number of aromatic nitrogens is 1. The molecule has 1 atom stereocenters. The molecule has 1 aliphatic rings. The Kier molecular flexibility index (Phi) is 5.84. The summed E-state index contributed by atoms with van der Waals surface area (Å²) in [5, 5.41) is 4.02. The van der Waals surface area contributed by atoms with E-state index in [1.54, 1.807) is 6.07 Å². The van der Waals surface area contributed by atoms with E-state index in [0.717, 1.165) is 48.2 Å². The van der Waals surface area contributed by atoms with Crippen molar-refractivity contribution in [1.29, 1.82) is 0 Å². The molecular weight excluding hydrogens is 389 g/mol. The zero-order chi connectivity index (χ0) is 21.1. The Morgan fingerprint density at radius 2 is 1.83 bits per heavy atom. The number of rotatable bonds is 5. The maximum atomic E-state index is 13.3. The van der Waals surface area contributed by atoms with E-state index in [9.17, 15) is 18.0 Å². The average Bonchev–Trinajstić information content (AvgIpc) is 3.16. The van der Waals surface area contributed by atoms with Gasteiger partial charge in [0.15, 0.2) is 0 Å². The Bertz CT molecular complexity index is 1020. The number of amides is 1. The van der Waals surface area contributed by atoms with E-state index in [2.05, 4.69) is 10.3 Å². The predicted molar refractivity (Wildman–Crippen MR) is 111 cm³/mol. The van der Waals surface area contributed by atoms with Crippen molar-refractivity contribution in [3.63, 3.8) is 0 Å². The third-order valence-corrected chi connectivity index (χ3v) is 5.97. The van der Waals surface area contributed by atoms with Crippen LogP contribution in [0.2, 0.25) is 0 Å². The van der Waals surface area contributed by atoms with Crippen molar-refractivity contribution < 1.29 is 18.0 Å². The lowest BCUT2D eigenvalue weighted by Crippen LogP contribution is -2.36. The number of fused-ring (bicyclic) bond motifs is 1. The van der Waals surface area contributed by atoms with Gasteiger partial charge in [-0.1, -0.05) is 55.7 Å². The van der Waals surface area contributed by atoms with Gasteiger partial charge in [0.25, 0.3) is 0 Å². The van der Waals surface area contributed by atoms with Gasteiger partial charge in [0, 0.05) is 35.5 Å². The molecular formula is C24H25F3N2O. The minimum Gasteiger partial charge on any atom is -0.361 e.